The van der Waals surface area contributed by atoms with Crippen molar-refractivity contribution < 1.29 is 85.7 Å². The molecule has 0 aliphatic heterocycles. The Hall–Kier alpha value is -3.31. The van der Waals surface area contributed by atoms with Crippen molar-refractivity contribution in [1.82, 2.24) is 9.80 Å². The Morgan fingerprint density at radius 1 is 0.426 bits per heavy atom. The van der Waals surface area contributed by atoms with Crippen LogP contribution >= 0.6 is 182 Å². The van der Waals surface area contributed by atoms with Crippen LogP contribution in [0.4, 0.5) is 0 Å². The lowest BCUT2D eigenvalue weighted by atomic mass is 9.87. The first-order valence-electron chi connectivity index (χ1n) is 39.6. The van der Waals surface area contributed by atoms with Crippen molar-refractivity contribution in [2.75, 3.05) is 67.8 Å². The fraction of sp³-hybridized carbons (Fsp3) is 0.545. The number of carbonyl (C=O) groups is 6. The number of carbonyl (C=O) groups excluding carboxylic acids is 6. The predicted octanol–water partition coefficient (Wildman–Crippen LogP) is 25.2. The Morgan fingerprint density at radius 3 is 1.01 bits per heavy atom. The predicted molar refractivity (Wildman–Crippen MR) is 553 cm³/mol. The maximum absolute atomic E-state index is 12.9. The molecule has 0 heterocycles. The standard InChI is InChI=1S/C27H42ClI2NO5Si.C27H43ClINO5Si.C17H20ClI2NO4.C17H21ClINO4/c1-12-34-25(33)18(14-31-20(26(4,5)6)15-35-37(10,11)27(7,8)9)23(32)17-13-19(29)24(36-16(2)3)22(30)21(17)28;1-12-33-25(32)19(24(31)18-13-21(29)22(14-20(18)28)35-17(2)3)15-30-23(26(4,5)6)16-34-36(10,11)27(7,8)9;1-6-24-17(23)11(8-21(4)5)15(22)10-7-12(19)16(25-9(2)3)14(20)13(10)18;1-6-23-17(22)12(9-20(4)5)16(21)11-7-14(19)15(8-13(11)18)24-10(2)3/h13-14,16,20,32H,12,15H2,1-11H3;13-15,17,23,31H,12,16H2,1-11H3;7-9H,6H2,1-5H3;7-10H,6H2,1-5H3/b;;11-8-;12-9-. The summed E-state index contributed by atoms with van der Waals surface area (Å²) in [5.41, 5.74) is 0.343. The molecule has 0 aliphatic carbocycles. The van der Waals surface area contributed by atoms with Crippen LogP contribution in [0.2, 0.25) is 56.4 Å². The first kappa shape index (κ1) is 117. The van der Waals surface area contributed by atoms with E-state index < -0.39 is 52.1 Å². The van der Waals surface area contributed by atoms with E-state index in [1.807, 2.05) is 78.0 Å². The average Bonchev–Trinajstić information content (AvgIpc) is 0.799. The molecule has 0 radical (unpaired) electrons. The molecule has 684 valence electrons. The fourth-order valence-corrected chi connectivity index (χ4v) is 17.4. The Morgan fingerprint density at radius 2 is 0.705 bits per heavy atom. The Labute approximate surface area is 829 Å². The third-order valence-corrected chi connectivity index (χ3v) is 34.4. The van der Waals surface area contributed by atoms with Crippen molar-refractivity contribution >= 4 is 258 Å². The fourth-order valence-electron chi connectivity index (χ4n) is 9.41. The van der Waals surface area contributed by atoms with Crippen LogP contribution in [0.1, 0.15) is 198 Å². The Balaban J connectivity index is 0.000000827. The van der Waals surface area contributed by atoms with Crippen LogP contribution in [0.25, 0.3) is 11.5 Å². The molecule has 2 unspecified atom stereocenters. The second-order valence-electron chi connectivity index (χ2n) is 34.5. The number of halogens is 10. The minimum absolute atomic E-state index is 0.0140. The molecule has 22 nitrogen and oxygen atoms in total. The molecule has 4 rings (SSSR count). The van der Waals surface area contributed by atoms with Gasteiger partial charge in [0.25, 0.3) is 0 Å². The van der Waals surface area contributed by atoms with Crippen LogP contribution in [0, 0.1) is 32.3 Å². The first-order chi connectivity index (χ1) is 55.8. The molecule has 0 aromatic heterocycles. The minimum atomic E-state index is -2.01. The number of rotatable bonds is 34. The molecule has 0 spiro atoms. The van der Waals surface area contributed by atoms with Crippen molar-refractivity contribution in [2.45, 2.75) is 239 Å². The van der Waals surface area contributed by atoms with Gasteiger partial charge >= 0.3 is 23.9 Å². The van der Waals surface area contributed by atoms with Crippen LogP contribution in [0.15, 0.2) is 81.1 Å². The zero-order valence-electron chi connectivity index (χ0n) is 76.5. The molecule has 0 saturated heterocycles. The lowest BCUT2D eigenvalue weighted by molar-refractivity contribution is -0.139. The van der Waals surface area contributed by atoms with Crippen molar-refractivity contribution in [2.24, 2.45) is 20.8 Å². The van der Waals surface area contributed by atoms with Crippen LogP contribution in [0.3, 0.4) is 0 Å². The van der Waals surface area contributed by atoms with E-state index in [9.17, 15) is 39.0 Å². The molecule has 0 bridgehead atoms. The van der Waals surface area contributed by atoms with Crippen molar-refractivity contribution in [3.05, 3.63) is 135 Å². The smallest absolute Gasteiger partial charge is 0.343 e. The summed E-state index contributed by atoms with van der Waals surface area (Å²) >= 11 is 38.3. The third kappa shape index (κ3) is 37.3. The third-order valence-electron chi connectivity index (χ3n) is 18.0. The lowest BCUT2D eigenvalue weighted by Gasteiger charge is -2.38. The summed E-state index contributed by atoms with van der Waals surface area (Å²) < 4.78 is 60.8. The van der Waals surface area contributed by atoms with E-state index in [-0.39, 0.29) is 149 Å². The number of hydrogen-bond acceptors (Lipinski definition) is 22. The van der Waals surface area contributed by atoms with E-state index in [1.54, 1.807) is 102 Å². The Bertz CT molecular complexity index is 4460. The molecular weight excluding hydrogens is 2360 g/mol. The maximum atomic E-state index is 12.9. The van der Waals surface area contributed by atoms with Crippen LogP contribution in [-0.4, -0.2) is 189 Å². The molecule has 2 atom stereocenters. The average molecular weight is 2490 g/mol. The molecule has 34 heteroatoms. The number of ether oxygens (including phenoxy) is 8. The summed E-state index contributed by atoms with van der Waals surface area (Å²) in [5, 5.41) is 23.6. The molecule has 4 aromatic carbocycles. The van der Waals surface area contributed by atoms with Gasteiger partial charge in [0.05, 0.1) is 118 Å². The van der Waals surface area contributed by atoms with Gasteiger partial charge in [-0.05, 0) is 290 Å². The second-order valence-corrected chi connectivity index (χ2v) is 52.5. The summed E-state index contributed by atoms with van der Waals surface area (Å²) in [6.07, 6.45) is 5.54. The highest BCUT2D eigenvalue weighted by Gasteiger charge is 2.41. The van der Waals surface area contributed by atoms with Gasteiger partial charge < -0.3 is 66.8 Å². The number of aliphatic hydroxyl groups excluding tert-OH is 2. The number of aliphatic hydroxyl groups is 2. The van der Waals surface area contributed by atoms with Gasteiger partial charge in [0.2, 0.25) is 11.6 Å². The zero-order valence-corrected chi connectivity index (χ0v) is 94.4. The van der Waals surface area contributed by atoms with Gasteiger partial charge in [-0.25, -0.2) is 19.2 Å². The van der Waals surface area contributed by atoms with Gasteiger partial charge in [-0.1, -0.05) is 129 Å². The number of hydrogen-bond donors (Lipinski definition) is 2. The molecular formula is C88H126Cl4I6N4O18Si2. The minimum Gasteiger partial charge on any atom is -0.506 e. The van der Waals surface area contributed by atoms with Crippen LogP contribution in [0.5, 0.6) is 23.0 Å². The first-order valence-corrected chi connectivity index (χ1v) is 53.4. The molecule has 0 fully saturated rings. The van der Waals surface area contributed by atoms with E-state index >= 15 is 0 Å². The molecule has 122 heavy (non-hydrogen) atoms. The highest BCUT2D eigenvalue weighted by molar-refractivity contribution is 14.1. The van der Waals surface area contributed by atoms with E-state index in [1.165, 1.54) is 24.8 Å². The van der Waals surface area contributed by atoms with E-state index in [2.05, 4.69) is 222 Å². The lowest BCUT2D eigenvalue weighted by Crippen LogP contribution is -2.44. The van der Waals surface area contributed by atoms with E-state index in [0.29, 0.717) is 54.5 Å². The number of esters is 4. The summed E-state index contributed by atoms with van der Waals surface area (Å²) in [5.74, 6) is -1.79. The van der Waals surface area contributed by atoms with E-state index in [0.717, 1.165) is 14.3 Å². The molecule has 0 saturated carbocycles. The molecule has 0 amide bonds. The number of Topliss-reactive ketones (excluding diaryl/α,β-unsaturated/α-hetero) is 2. The highest BCUT2D eigenvalue weighted by atomic mass is 127. The maximum Gasteiger partial charge on any atom is 0.343 e. The van der Waals surface area contributed by atoms with Gasteiger partial charge in [0, 0.05) is 87.4 Å². The molecule has 2 N–H and O–H groups in total. The summed E-state index contributed by atoms with van der Waals surface area (Å²) in [6.45, 7) is 58.0. The zero-order chi connectivity index (χ0) is 94.7. The normalized spacial score (nSPS) is 13.4. The molecule has 0 aliphatic rings. The topological polar surface area (TPSA) is 266 Å². The second kappa shape index (κ2) is 52.5. The van der Waals surface area contributed by atoms with Crippen LogP contribution < -0.4 is 18.9 Å². The summed E-state index contributed by atoms with van der Waals surface area (Å²) in [4.78, 5) is 88.5. The van der Waals surface area contributed by atoms with Crippen LogP contribution in [-0.2, 0) is 47.0 Å². The van der Waals surface area contributed by atoms with Gasteiger partial charge in [0.1, 0.15) is 56.8 Å². The SMILES string of the molecule is CCOC(=O)/C(=C\N(C)C)C(=O)c1cc(I)c(OC(C)C)c(I)c1Cl.CCOC(=O)/C(=C\N(C)C)C(=O)c1cc(I)c(OC(C)C)cc1Cl.CCOC(=O)C(C=NC(CO[Si](C)(C)C(C)(C)C)C(C)(C)C)=C(O)c1cc(I)c(OC(C)C)c(I)c1Cl.CCOC(=O)C(C=NC(CO[Si](C)(C)C(C)(C)C)C(C)(C)C)=C(O)c1cc(I)c(OC(C)C)cc1Cl. The number of ketones is 2. The van der Waals surface area contributed by atoms with Gasteiger partial charge in [-0.3, -0.25) is 19.6 Å². The highest BCUT2D eigenvalue weighted by Crippen LogP contribution is 2.44. The van der Waals surface area contributed by atoms with Gasteiger partial charge in [0.15, 0.2) is 16.6 Å². The molecule has 4 aromatic rings. The summed E-state index contributed by atoms with van der Waals surface area (Å²) in [7, 11) is 2.88. The quantitative estimate of drug-likeness (QED) is 0.00376. The summed E-state index contributed by atoms with van der Waals surface area (Å²) in [6, 6.07) is 9.36. The van der Waals surface area contributed by atoms with Crippen molar-refractivity contribution in [1.29, 1.82) is 0 Å². The number of nitrogens with zero attached hydrogens (tertiary/aromatic N) is 4. The largest absolute Gasteiger partial charge is 0.506 e. The monoisotopic (exact) mass is 2480 g/mol. The number of aliphatic imine (C=N–C) groups is 2. The van der Waals surface area contributed by atoms with Gasteiger partial charge in [-0.15, -0.1) is 0 Å². The van der Waals surface area contributed by atoms with Crippen molar-refractivity contribution in [3.63, 3.8) is 0 Å². The Kier molecular flexibility index (Phi) is 50.2. The van der Waals surface area contributed by atoms with Gasteiger partial charge in [-0.2, -0.15) is 0 Å². The van der Waals surface area contributed by atoms with Crippen molar-refractivity contribution in [3.8, 4) is 23.0 Å². The van der Waals surface area contributed by atoms with E-state index in [4.69, 9.17) is 103 Å². The number of benzene rings is 4.